The predicted molar refractivity (Wildman–Crippen MR) is 112 cm³/mol. The van der Waals surface area contributed by atoms with E-state index in [0.717, 1.165) is 4.90 Å². The highest BCUT2D eigenvalue weighted by atomic mass is 16.6. The molecule has 12 heteroatoms. The first kappa shape index (κ1) is 21.3. The van der Waals surface area contributed by atoms with E-state index < -0.39 is 29.1 Å². The number of ether oxygens (including phenoxy) is 1. The number of benzene rings is 1. The molecule has 4 bridgehead atoms. The Balaban J connectivity index is 1.75. The Kier molecular flexibility index (Phi) is 5.75. The number of aromatic nitrogens is 2. The highest BCUT2D eigenvalue weighted by molar-refractivity contribution is 5.86. The highest BCUT2D eigenvalue weighted by Crippen LogP contribution is 2.35. The molecule has 1 unspecified atom stereocenters. The topological polar surface area (TPSA) is 160 Å². The number of hydrogen-bond acceptors (Lipinski definition) is 8. The van der Waals surface area contributed by atoms with Gasteiger partial charge in [0.25, 0.3) is 5.69 Å². The van der Waals surface area contributed by atoms with E-state index in [1.54, 1.807) is 18.2 Å². The third-order valence-electron chi connectivity index (χ3n) is 5.48. The number of carboxylic acid groups (broad SMARTS) is 1. The molecule has 2 aromatic rings. The molecule has 32 heavy (non-hydrogen) atoms. The quantitative estimate of drug-likeness (QED) is 0.441. The van der Waals surface area contributed by atoms with Gasteiger partial charge in [0.1, 0.15) is 17.8 Å². The van der Waals surface area contributed by atoms with Gasteiger partial charge in [0, 0.05) is 37.3 Å². The Morgan fingerprint density at radius 3 is 2.84 bits per heavy atom. The summed E-state index contributed by atoms with van der Waals surface area (Å²) >= 11 is 0. The maximum atomic E-state index is 12.7. The Labute approximate surface area is 182 Å². The summed E-state index contributed by atoms with van der Waals surface area (Å²) in [5, 5.41) is 27.0. The molecule has 1 aromatic heterocycles. The lowest BCUT2D eigenvalue weighted by Gasteiger charge is -2.22. The summed E-state index contributed by atoms with van der Waals surface area (Å²) in [6.45, 7) is 2.48. The van der Waals surface area contributed by atoms with Crippen molar-refractivity contribution in [2.24, 2.45) is 5.92 Å². The van der Waals surface area contributed by atoms with Crippen LogP contribution in [0.1, 0.15) is 13.3 Å². The molecule has 12 nitrogen and oxygen atoms in total. The fraction of sp³-hybridized carbons (Fsp3) is 0.400. The van der Waals surface area contributed by atoms with Crippen LogP contribution in [0.4, 0.5) is 16.2 Å². The van der Waals surface area contributed by atoms with Crippen molar-refractivity contribution in [3.8, 4) is 17.3 Å². The smallest absolute Gasteiger partial charge is 0.408 e. The average Bonchev–Trinajstić information content (AvgIpc) is 3.19. The monoisotopic (exact) mass is 442 g/mol. The third-order valence-corrected chi connectivity index (χ3v) is 5.48. The van der Waals surface area contributed by atoms with Crippen LogP contribution in [-0.2, 0) is 4.79 Å². The number of carbonyl (C=O) groups excluding carboxylic acids is 1. The fourth-order valence-corrected chi connectivity index (χ4v) is 3.87. The van der Waals surface area contributed by atoms with E-state index in [2.05, 4.69) is 20.6 Å². The molecule has 0 spiro atoms. The van der Waals surface area contributed by atoms with Gasteiger partial charge in [0.15, 0.2) is 0 Å². The van der Waals surface area contributed by atoms with Crippen LogP contribution in [-0.4, -0.2) is 68.7 Å². The van der Waals surface area contributed by atoms with Crippen LogP contribution in [0.25, 0.3) is 11.3 Å². The predicted octanol–water partition coefficient (Wildman–Crippen LogP) is 1.73. The third kappa shape index (κ3) is 4.24. The van der Waals surface area contributed by atoms with Gasteiger partial charge in [-0.1, -0.05) is 19.1 Å². The number of hydrogen-bond donors (Lipinski definition) is 3. The minimum absolute atomic E-state index is 0.000174. The molecule has 0 radical (unpaired) electrons. The van der Waals surface area contributed by atoms with Gasteiger partial charge >= 0.3 is 12.1 Å². The van der Waals surface area contributed by atoms with E-state index in [4.69, 9.17) is 4.74 Å². The molecule has 3 heterocycles. The van der Waals surface area contributed by atoms with E-state index in [-0.39, 0.29) is 37.1 Å². The van der Waals surface area contributed by atoms with Crippen LogP contribution in [0.2, 0.25) is 0 Å². The SMILES string of the molecule is CC1CNC(=O)[C@@H]2C[C@@H](CN2C(=O)O)Oc2nccc(n2)-c2cccc([N+](=O)[O-])c2NC1. The van der Waals surface area contributed by atoms with E-state index in [0.29, 0.717) is 23.5 Å². The molecule has 168 valence electrons. The van der Waals surface area contributed by atoms with Crippen molar-refractivity contribution in [3.63, 3.8) is 0 Å². The molecule has 3 atom stereocenters. The van der Waals surface area contributed by atoms with Crippen molar-refractivity contribution >= 4 is 23.4 Å². The highest BCUT2D eigenvalue weighted by Gasteiger charge is 2.41. The first-order valence-corrected chi connectivity index (χ1v) is 10.1. The van der Waals surface area contributed by atoms with Crippen LogP contribution >= 0.6 is 0 Å². The normalized spacial score (nSPS) is 23.0. The second kappa shape index (κ2) is 8.65. The molecule has 3 N–H and O–H groups in total. The van der Waals surface area contributed by atoms with Crippen LogP contribution in [0.15, 0.2) is 30.5 Å². The van der Waals surface area contributed by atoms with Gasteiger partial charge in [0.05, 0.1) is 17.2 Å². The van der Waals surface area contributed by atoms with Gasteiger partial charge in [-0.05, 0) is 12.0 Å². The Morgan fingerprint density at radius 2 is 2.09 bits per heavy atom. The summed E-state index contributed by atoms with van der Waals surface area (Å²) in [6.07, 6.45) is -0.180. The zero-order valence-corrected chi connectivity index (χ0v) is 17.2. The van der Waals surface area contributed by atoms with E-state index in [1.807, 2.05) is 6.92 Å². The van der Waals surface area contributed by atoms with Gasteiger partial charge < -0.3 is 20.5 Å². The number of amides is 2. The lowest BCUT2D eigenvalue weighted by Crippen LogP contribution is -2.46. The van der Waals surface area contributed by atoms with Gasteiger partial charge in [-0.25, -0.2) is 9.78 Å². The summed E-state index contributed by atoms with van der Waals surface area (Å²) in [4.78, 5) is 45.0. The second-order valence-corrected chi connectivity index (χ2v) is 7.84. The Bertz CT molecular complexity index is 1060. The number of nitro benzene ring substituents is 1. The van der Waals surface area contributed by atoms with Crippen molar-refractivity contribution in [1.82, 2.24) is 20.2 Å². The first-order valence-electron chi connectivity index (χ1n) is 10.1. The van der Waals surface area contributed by atoms with Crippen molar-refractivity contribution in [2.75, 3.05) is 25.0 Å². The zero-order chi connectivity index (χ0) is 22.8. The van der Waals surface area contributed by atoms with Crippen molar-refractivity contribution < 1.29 is 24.4 Å². The zero-order valence-electron chi connectivity index (χ0n) is 17.2. The molecule has 0 aliphatic carbocycles. The van der Waals surface area contributed by atoms with Gasteiger partial charge in [-0.3, -0.25) is 19.8 Å². The number of para-hydroxylation sites is 1. The molecular weight excluding hydrogens is 420 g/mol. The summed E-state index contributed by atoms with van der Waals surface area (Å²) in [6, 6.07) is 5.42. The number of rotatable bonds is 1. The average molecular weight is 442 g/mol. The first-order chi connectivity index (χ1) is 15.3. The van der Waals surface area contributed by atoms with Gasteiger partial charge in [-0.2, -0.15) is 4.98 Å². The largest absolute Gasteiger partial charge is 0.465 e. The number of anilines is 1. The molecule has 2 aliphatic rings. The molecular formula is C20H22N6O6. The summed E-state index contributed by atoms with van der Waals surface area (Å²) < 4.78 is 5.80. The van der Waals surface area contributed by atoms with Gasteiger partial charge in [-0.15, -0.1) is 0 Å². The van der Waals surface area contributed by atoms with Crippen molar-refractivity contribution in [1.29, 1.82) is 0 Å². The van der Waals surface area contributed by atoms with E-state index in [1.165, 1.54) is 12.3 Å². The number of likely N-dealkylation sites (tertiary alicyclic amines) is 1. The molecule has 2 aliphatic heterocycles. The molecule has 4 rings (SSSR count). The lowest BCUT2D eigenvalue weighted by molar-refractivity contribution is -0.383. The number of fused-ring (bicyclic) bond motifs is 6. The van der Waals surface area contributed by atoms with Crippen LogP contribution in [0.5, 0.6) is 6.01 Å². The lowest BCUT2D eigenvalue weighted by atomic mass is 10.1. The summed E-state index contributed by atoms with van der Waals surface area (Å²) in [7, 11) is 0. The number of nitrogens with one attached hydrogen (secondary N) is 2. The van der Waals surface area contributed by atoms with E-state index in [9.17, 15) is 24.8 Å². The van der Waals surface area contributed by atoms with E-state index >= 15 is 0 Å². The maximum absolute atomic E-state index is 12.7. The molecule has 2 amide bonds. The standard InChI is InChI=1S/C20H22N6O6/c1-11-8-22-17-13(3-2-4-15(17)26(30)31)14-5-6-21-19(24-14)32-12-7-16(18(27)23-9-11)25(10-12)20(28)29/h2-6,11-12,16,22H,7-10H2,1H3,(H,23,27)(H,28,29)/t11?,12-,16-/m0/s1. The molecule has 1 saturated heterocycles. The minimum Gasteiger partial charge on any atom is -0.465 e. The molecule has 1 fully saturated rings. The molecule has 1 aromatic carbocycles. The summed E-state index contributed by atoms with van der Waals surface area (Å²) in [5.74, 6) is -0.509. The van der Waals surface area contributed by atoms with Crippen LogP contribution < -0.4 is 15.4 Å². The van der Waals surface area contributed by atoms with Gasteiger partial charge in [0.2, 0.25) is 5.91 Å². The second-order valence-electron chi connectivity index (χ2n) is 7.84. The number of carbonyl (C=O) groups is 2. The van der Waals surface area contributed by atoms with Crippen LogP contribution in [0, 0.1) is 16.0 Å². The van der Waals surface area contributed by atoms with Crippen LogP contribution in [0.3, 0.4) is 0 Å². The summed E-state index contributed by atoms with van der Waals surface area (Å²) in [5.41, 5.74) is 1.14. The number of nitro groups is 1. The fourth-order valence-electron chi connectivity index (χ4n) is 3.87. The van der Waals surface area contributed by atoms with Crippen molar-refractivity contribution in [3.05, 3.63) is 40.6 Å². The van der Waals surface area contributed by atoms with Crippen molar-refractivity contribution in [2.45, 2.75) is 25.5 Å². The maximum Gasteiger partial charge on any atom is 0.408 e. The Morgan fingerprint density at radius 1 is 1.31 bits per heavy atom. The Hall–Kier alpha value is -3.96. The minimum atomic E-state index is -1.21. The molecule has 0 saturated carbocycles. The number of nitrogens with zero attached hydrogens (tertiary/aromatic N) is 4.